The molecule has 1 N–H and O–H groups in total. The number of hydrogen-bond acceptors (Lipinski definition) is 4. The summed E-state index contributed by atoms with van der Waals surface area (Å²) >= 11 is 3.59. The van der Waals surface area contributed by atoms with Crippen LogP contribution in [0.2, 0.25) is 0 Å². The van der Waals surface area contributed by atoms with Gasteiger partial charge in [-0.05, 0) is 51.8 Å². The first-order valence-electron chi connectivity index (χ1n) is 8.58. The van der Waals surface area contributed by atoms with Crippen LogP contribution in [-0.2, 0) is 7.05 Å². The standard InChI is InChI=1S/C21H19BrN4O/c1-26-13-12-23-21(26)20(15-6-9-16(27-2)10-7-15)25-18-11-8-14-4-3-5-17(22)19(14)24-18/h3-13,20H,1-2H3,(H,24,25). The van der Waals surface area contributed by atoms with E-state index in [9.17, 15) is 0 Å². The molecule has 0 bridgehead atoms. The first-order chi connectivity index (χ1) is 13.2. The van der Waals surface area contributed by atoms with Gasteiger partial charge in [0.15, 0.2) is 0 Å². The number of benzene rings is 2. The van der Waals surface area contributed by atoms with Crippen LogP contribution in [0.3, 0.4) is 0 Å². The zero-order valence-electron chi connectivity index (χ0n) is 15.1. The smallest absolute Gasteiger partial charge is 0.135 e. The molecule has 2 aromatic carbocycles. The van der Waals surface area contributed by atoms with E-state index in [-0.39, 0.29) is 6.04 Å². The van der Waals surface area contributed by atoms with Gasteiger partial charge in [0, 0.05) is 29.3 Å². The molecule has 136 valence electrons. The average Bonchev–Trinajstić information content (AvgIpc) is 3.12. The van der Waals surface area contributed by atoms with Crippen LogP contribution in [0.5, 0.6) is 5.75 Å². The third kappa shape index (κ3) is 3.53. The number of imidazole rings is 1. The quantitative estimate of drug-likeness (QED) is 0.494. The van der Waals surface area contributed by atoms with Crippen molar-refractivity contribution in [2.45, 2.75) is 6.04 Å². The first kappa shape index (κ1) is 17.5. The zero-order valence-corrected chi connectivity index (χ0v) is 16.6. The van der Waals surface area contributed by atoms with Gasteiger partial charge < -0.3 is 14.6 Å². The Morgan fingerprint density at radius 1 is 1.07 bits per heavy atom. The van der Waals surface area contributed by atoms with Gasteiger partial charge in [0.05, 0.1) is 12.6 Å². The van der Waals surface area contributed by atoms with Crippen molar-refractivity contribution in [3.05, 3.63) is 82.9 Å². The predicted molar refractivity (Wildman–Crippen MR) is 111 cm³/mol. The summed E-state index contributed by atoms with van der Waals surface area (Å²) in [5.74, 6) is 2.53. The molecule has 0 aliphatic rings. The monoisotopic (exact) mass is 422 g/mol. The molecule has 0 saturated carbocycles. The molecule has 2 aromatic heterocycles. The van der Waals surface area contributed by atoms with Crippen LogP contribution in [0.1, 0.15) is 17.4 Å². The molecule has 1 unspecified atom stereocenters. The van der Waals surface area contributed by atoms with Gasteiger partial charge >= 0.3 is 0 Å². The molecule has 0 aliphatic carbocycles. The van der Waals surface area contributed by atoms with Gasteiger partial charge in [-0.15, -0.1) is 0 Å². The predicted octanol–water partition coefficient (Wildman–Crippen LogP) is 4.94. The van der Waals surface area contributed by atoms with Crippen molar-refractivity contribution in [3.63, 3.8) is 0 Å². The number of halogens is 1. The number of fused-ring (bicyclic) bond motifs is 1. The number of ether oxygens (including phenoxy) is 1. The van der Waals surface area contributed by atoms with Gasteiger partial charge in [-0.1, -0.05) is 24.3 Å². The molecule has 0 radical (unpaired) electrons. The molecule has 0 fully saturated rings. The van der Waals surface area contributed by atoms with Crippen molar-refractivity contribution in [1.29, 1.82) is 0 Å². The van der Waals surface area contributed by atoms with E-state index in [1.165, 1.54) is 0 Å². The molecule has 6 heteroatoms. The molecule has 4 rings (SSSR count). The Morgan fingerprint density at radius 2 is 1.89 bits per heavy atom. The first-order valence-corrected chi connectivity index (χ1v) is 9.38. The Morgan fingerprint density at radius 3 is 2.59 bits per heavy atom. The van der Waals surface area contributed by atoms with Crippen molar-refractivity contribution in [3.8, 4) is 5.75 Å². The lowest BCUT2D eigenvalue weighted by Gasteiger charge is -2.20. The summed E-state index contributed by atoms with van der Waals surface area (Å²) in [5.41, 5.74) is 2.01. The molecule has 0 spiro atoms. The summed E-state index contributed by atoms with van der Waals surface area (Å²) in [6, 6.07) is 18.0. The minimum Gasteiger partial charge on any atom is -0.497 e. The maximum atomic E-state index is 5.28. The molecule has 5 nitrogen and oxygen atoms in total. The second-order valence-corrected chi connectivity index (χ2v) is 7.11. The van der Waals surface area contributed by atoms with Crippen LogP contribution in [0.4, 0.5) is 5.82 Å². The lowest BCUT2D eigenvalue weighted by molar-refractivity contribution is 0.414. The number of rotatable bonds is 5. The second-order valence-electron chi connectivity index (χ2n) is 6.25. The Kier molecular flexibility index (Phi) is 4.81. The van der Waals surface area contributed by atoms with Crippen molar-refractivity contribution >= 4 is 32.7 Å². The van der Waals surface area contributed by atoms with E-state index in [0.29, 0.717) is 0 Å². The molecule has 27 heavy (non-hydrogen) atoms. The molecule has 0 saturated heterocycles. The van der Waals surface area contributed by atoms with Gasteiger partial charge in [-0.25, -0.2) is 9.97 Å². The Balaban J connectivity index is 1.75. The van der Waals surface area contributed by atoms with E-state index in [1.54, 1.807) is 13.3 Å². The fraction of sp³-hybridized carbons (Fsp3) is 0.143. The third-order valence-corrected chi connectivity index (χ3v) is 5.17. The molecule has 4 aromatic rings. The highest BCUT2D eigenvalue weighted by Crippen LogP contribution is 2.29. The van der Waals surface area contributed by atoms with Gasteiger partial charge in [-0.3, -0.25) is 0 Å². The van der Waals surface area contributed by atoms with Crippen LogP contribution in [0.15, 0.2) is 71.5 Å². The lowest BCUT2D eigenvalue weighted by atomic mass is 10.1. The number of nitrogens with zero attached hydrogens (tertiary/aromatic N) is 3. The SMILES string of the molecule is COc1ccc(C(Nc2ccc3cccc(Br)c3n2)c2nccn2C)cc1. The molecule has 2 heterocycles. The summed E-state index contributed by atoms with van der Waals surface area (Å²) < 4.78 is 8.27. The van der Waals surface area contributed by atoms with Crippen molar-refractivity contribution in [2.75, 3.05) is 12.4 Å². The highest BCUT2D eigenvalue weighted by atomic mass is 79.9. The normalized spacial score (nSPS) is 12.1. The van der Waals surface area contributed by atoms with Gasteiger partial charge in [0.1, 0.15) is 23.4 Å². The largest absolute Gasteiger partial charge is 0.497 e. The minimum absolute atomic E-state index is 0.136. The number of hydrogen-bond donors (Lipinski definition) is 1. The number of anilines is 1. The van der Waals surface area contributed by atoms with Crippen LogP contribution in [0.25, 0.3) is 10.9 Å². The zero-order chi connectivity index (χ0) is 18.8. The summed E-state index contributed by atoms with van der Waals surface area (Å²) in [5, 5.41) is 4.63. The third-order valence-electron chi connectivity index (χ3n) is 4.53. The van der Waals surface area contributed by atoms with E-state index in [4.69, 9.17) is 9.72 Å². The van der Waals surface area contributed by atoms with E-state index in [2.05, 4.69) is 38.4 Å². The Labute approximate surface area is 166 Å². The molecule has 0 amide bonds. The summed E-state index contributed by atoms with van der Waals surface area (Å²) in [7, 11) is 3.66. The van der Waals surface area contributed by atoms with E-state index < -0.39 is 0 Å². The van der Waals surface area contributed by atoms with Crippen molar-refractivity contribution < 1.29 is 4.74 Å². The minimum atomic E-state index is -0.136. The molecule has 0 aliphatic heterocycles. The highest BCUT2D eigenvalue weighted by Gasteiger charge is 2.19. The summed E-state index contributed by atoms with van der Waals surface area (Å²) in [6.45, 7) is 0. The lowest BCUT2D eigenvalue weighted by Crippen LogP contribution is -2.17. The fourth-order valence-electron chi connectivity index (χ4n) is 3.09. The van der Waals surface area contributed by atoms with Crippen molar-refractivity contribution in [2.24, 2.45) is 7.05 Å². The number of aryl methyl sites for hydroxylation is 1. The number of methoxy groups -OCH3 is 1. The number of pyridine rings is 1. The fourth-order valence-corrected chi connectivity index (χ4v) is 3.56. The van der Waals surface area contributed by atoms with Crippen LogP contribution >= 0.6 is 15.9 Å². The van der Waals surface area contributed by atoms with E-state index in [0.717, 1.165) is 38.3 Å². The maximum Gasteiger partial charge on any atom is 0.135 e. The Hall–Kier alpha value is -2.86. The number of aromatic nitrogens is 3. The topological polar surface area (TPSA) is 52.0 Å². The van der Waals surface area contributed by atoms with Gasteiger partial charge in [0.25, 0.3) is 0 Å². The van der Waals surface area contributed by atoms with E-state index >= 15 is 0 Å². The number of nitrogens with one attached hydrogen (secondary N) is 1. The van der Waals surface area contributed by atoms with Crippen LogP contribution in [-0.4, -0.2) is 21.6 Å². The van der Waals surface area contributed by atoms with Gasteiger partial charge in [-0.2, -0.15) is 0 Å². The molecule has 1 atom stereocenters. The van der Waals surface area contributed by atoms with Gasteiger partial charge in [0.2, 0.25) is 0 Å². The maximum absolute atomic E-state index is 5.28. The summed E-state index contributed by atoms with van der Waals surface area (Å²) in [6.07, 6.45) is 3.75. The van der Waals surface area contributed by atoms with Crippen molar-refractivity contribution in [1.82, 2.24) is 14.5 Å². The van der Waals surface area contributed by atoms with Crippen LogP contribution < -0.4 is 10.1 Å². The van der Waals surface area contributed by atoms with Crippen LogP contribution in [0, 0.1) is 0 Å². The second kappa shape index (κ2) is 7.40. The molecular formula is C21H19BrN4O. The number of para-hydroxylation sites is 1. The van der Waals surface area contributed by atoms with E-state index in [1.807, 2.05) is 60.3 Å². The Bertz CT molecular complexity index is 1080. The summed E-state index contributed by atoms with van der Waals surface area (Å²) in [4.78, 5) is 9.34. The highest BCUT2D eigenvalue weighted by molar-refractivity contribution is 9.10. The molecular weight excluding hydrogens is 404 g/mol. The average molecular weight is 423 g/mol.